The third-order valence-electron chi connectivity index (χ3n) is 3.91. The number of aromatic nitrogens is 2. The van der Waals surface area contributed by atoms with Gasteiger partial charge in [-0.25, -0.2) is 9.78 Å². The lowest BCUT2D eigenvalue weighted by molar-refractivity contribution is -0.145. The summed E-state index contributed by atoms with van der Waals surface area (Å²) < 4.78 is 15.6. The van der Waals surface area contributed by atoms with Crippen molar-refractivity contribution >= 4 is 28.7 Å². The van der Waals surface area contributed by atoms with Gasteiger partial charge in [-0.15, -0.1) is 0 Å². The fraction of sp³-hybridized carbons (Fsp3) is 0.190. The van der Waals surface area contributed by atoms with Gasteiger partial charge in [-0.05, 0) is 42.8 Å². The number of carbonyl (C=O) groups is 1. The summed E-state index contributed by atoms with van der Waals surface area (Å²) in [5.41, 5.74) is 2.72. The monoisotopic (exact) mass is 377 g/mol. The van der Waals surface area contributed by atoms with E-state index in [1.165, 1.54) is 7.11 Å². The molecule has 3 aromatic rings. The van der Waals surface area contributed by atoms with Crippen LogP contribution in [0.2, 0.25) is 0 Å². The maximum atomic E-state index is 11.5. The molecule has 7 heteroatoms. The lowest BCUT2D eigenvalue weighted by Crippen LogP contribution is -2.14. The van der Waals surface area contributed by atoms with Crippen molar-refractivity contribution in [1.29, 1.82) is 5.26 Å². The van der Waals surface area contributed by atoms with E-state index in [9.17, 15) is 10.1 Å². The zero-order valence-electron chi connectivity index (χ0n) is 15.6. The predicted molar refractivity (Wildman–Crippen MR) is 105 cm³/mol. The van der Waals surface area contributed by atoms with Gasteiger partial charge >= 0.3 is 5.97 Å². The first-order valence-electron chi connectivity index (χ1n) is 8.68. The Morgan fingerprint density at radius 3 is 2.79 bits per heavy atom. The number of aromatic amines is 1. The third kappa shape index (κ3) is 4.30. The van der Waals surface area contributed by atoms with Crippen molar-refractivity contribution in [3.63, 3.8) is 0 Å². The number of hydrogen-bond donors (Lipinski definition) is 1. The van der Waals surface area contributed by atoms with Crippen LogP contribution in [0.15, 0.2) is 42.5 Å². The molecule has 1 aromatic heterocycles. The highest BCUT2D eigenvalue weighted by molar-refractivity contribution is 5.90. The minimum absolute atomic E-state index is 0.230. The van der Waals surface area contributed by atoms with Crippen molar-refractivity contribution < 1.29 is 19.0 Å². The van der Waals surface area contributed by atoms with Crippen LogP contribution in [0.5, 0.6) is 11.5 Å². The number of allylic oxidation sites excluding steroid dienone is 1. The van der Waals surface area contributed by atoms with Gasteiger partial charge in [0.05, 0.1) is 30.3 Å². The van der Waals surface area contributed by atoms with Gasteiger partial charge in [-0.1, -0.05) is 18.2 Å². The van der Waals surface area contributed by atoms with Crippen LogP contribution >= 0.6 is 0 Å². The van der Waals surface area contributed by atoms with Gasteiger partial charge in [0, 0.05) is 0 Å². The largest absolute Gasteiger partial charge is 0.493 e. The van der Waals surface area contributed by atoms with Gasteiger partial charge < -0.3 is 19.2 Å². The molecule has 0 amide bonds. The summed E-state index contributed by atoms with van der Waals surface area (Å²) in [6.07, 6.45) is 1.69. The van der Waals surface area contributed by atoms with Crippen LogP contribution in [0.25, 0.3) is 22.7 Å². The molecule has 2 aromatic carbocycles. The van der Waals surface area contributed by atoms with E-state index in [2.05, 4.69) is 16.0 Å². The molecule has 0 aliphatic heterocycles. The van der Waals surface area contributed by atoms with Crippen LogP contribution in [0.1, 0.15) is 18.3 Å². The van der Waals surface area contributed by atoms with E-state index in [1.54, 1.807) is 31.2 Å². The molecule has 0 saturated carbocycles. The summed E-state index contributed by atoms with van der Waals surface area (Å²) in [7, 11) is 1.51. The first kappa shape index (κ1) is 19.0. The van der Waals surface area contributed by atoms with Gasteiger partial charge in [0.2, 0.25) is 0 Å². The summed E-state index contributed by atoms with van der Waals surface area (Å²) in [6.45, 7) is 1.78. The molecule has 7 nitrogen and oxygen atoms in total. The number of nitrogens with one attached hydrogen (secondary N) is 1. The Labute approximate surface area is 162 Å². The van der Waals surface area contributed by atoms with E-state index in [-0.39, 0.29) is 13.2 Å². The van der Waals surface area contributed by atoms with E-state index in [0.717, 1.165) is 11.0 Å². The number of methoxy groups -OCH3 is 1. The molecule has 1 heterocycles. The van der Waals surface area contributed by atoms with Crippen molar-refractivity contribution in [3.8, 4) is 17.6 Å². The SMILES string of the molecule is CCOC(=O)COc1cc(/C=C(/C#N)c2nc3ccccc3[nH]2)ccc1OC. The molecule has 0 radical (unpaired) electrons. The zero-order chi connectivity index (χ0) is 19.9. The van der Waals surface area contributed by atoms with Crippen LogP contribution in [0, 0.1) is 11.3 Å². The molecule has 0 fully saturated rings. The highest BCUT2D eigenvalue weighted by Crippen LogP contribution is 2.30. The third-order valence-corrected chi connectivity index (χ3v) is 3.91. The first-order chi connectivity index (χ1) is 13.6. The van der Waals surface area contributed by atoms with Crippen molar-refractivity contribution in [3.05, 3.63) is 53.9 Å². The van der Waals surface area contributed by atoms with E-state index in [4.69, 9.17) is 14.2 Å². The topological polar surface area (TPSA) is 97.2 Å². The average Bonchev–Trinajstić information content (AvgIpc) is 3.14. The number of rotatable bonds is 7. The number of benzene rings is 2. The molecule has 142 valence electrons. The molecule has 0 unspecified atom stereocenters. The van der Waals surface area contributed by atoms with Crippen molar-refractivity contribution in [2.75, 3.05) is 20.3 Å². The minimum Gasteiger partial charge on any atom is -0.493 e. The maximum absolute atomic E-state index is 11.5. The highest BCUT2D eigenvalue weighted by Gasteiger charge is 2.11. The van der Waals surface area contributed by atoms with E-state index < -0.39 is 5.97 Å². The summed E-state index contributed by atoms with van der Waals surface area (Å²) in [5.74, 6) is 0.869. The van der Waals surface area contributed by atoms with Gasteiger partial charge in [-0.3, -0.25) is 0 Å². The second-order valence-corrected chi connectivity index (χ2v) is 5.78. The Balaban J connectivity index is 1.89. The number of hydrogen-bond acceptors (Lipinski definition) is 6. The number of H-pyrrole nitrogens is 1. The average molecular weight is 377 g/mol. The number of nitrogens with zero attached hydrogens (tertiary/aromatic N) is 2. The molecule has 0 aliphatic carbocycles. The van der Waals surface area contributed by atoms with Gasteiger partial charge in [0.15, 0.2) is 18.1 Å². The van der Waals surface area contributed by atoms with E-state index >= 15 is 0 Å². The molecule has 3 rings (SSSR count). The van der Waals surface area contributed by atoms with E-state index in [0.29, 0.717) is 28.5 Å². The molecular formula is C21H19N3O4. The fourth-order valence-electron chi connectivity index (χ4n) is 2.64. The van der Waals surface area contributed by atoms with Crippen LogP contribution < -0.4 is 9.47 Å². The number of ether oxygens (including phenoxy) is 3. The minimum atomic E-state index is -0.467. The first-order valence-corrected chi connectivity index (χ1v) is 8.68. The number of imidazole rings is 1. The van der Waals surface area contributed by atoms with E-state index in [1.807, 2.05) is 24.3 Å². The summed E-state index contributed by atoms with van der Waals surface area (Å²) in [6, 6.07) is 14.9. The molecule has 28 heavy (non-hydrogen) atoms. The van der Waals surface area contributed by atoms with Crippen LogP contribution in [0.3, 0.4) is 0 Å². The predicted octanol–water partition coefficient (Wildman–Crippen LogP) is 3.58. The molecule has 0 saturated heterocycles. The summed E-state index contributed by atoms with van der Waals surface area (Å²) in [5, 5.41) is 9.58. The fourth-order valence-corrected chi connectivity index (χ4v) is 2.64. The lowest BCUT2D eigenvalue weighted by Gasteiger charge is -2.11. The molecule has 0 atom stereocenters. The van der Waals surface area contributed by atoms with Gasteiger partial charge in [0.25, 0.3) is 0 Å². The standard InChI is InChI=1S/C21H19N3O4/c1-3-27-20(25)13-28-19-11-14(8-9-18(19)26-2)10-15(12-22)21-23-16-6-4-5-7-17(16)24-21/h4-11H,3,13H2,1-2H3,(H,23,24)/b15-10-. The maximum Gasteiger partial charge on any atom is 0.344 e. The Kier molecular flexibility index (Phi) is 5.92. The number of para-hydroxylation sites is 2. The van der Waals surface area contributed by atoms with Gasteiger partial charge in [-0.2, -0.15) is 5.26 Å². The van der Waals surface area contributed by atoms with Crippen molar-refractivity contribution in [1.82, 2.24) is 9.97 Å². The van der Waals surface area contributed by atoms with Crippen molar-refractivity contribution in [2.24, 2.45) is 0 Å². The Morgan fingerprint density at radius 2 is 2.07 bits per heavy atom. The number of fused-ring (bicyclic) bond motifs is 1. The highest BCUT2D eigenvalue weighted by atomic mass is 16.6. The van der Waals surface area contributed by atoms with Crippen LogP contribution in [-0.2, 0) is 9.53 Å². The molecule has 1 N–H and O–H groups in total. The van der Waals surface area contributed by atoms with Gasteiger partial charge in [0.1, 0.15) is 11.9 Å². The zero-order valence-corrected chi connectivity index (χ0v) is 15.6. The lowest BCUT2D eigenvalue weighted by atomic mass is 10.1. The molecule has 0 bridgehead atoms. The van der Waals surface area contributed by atoms with Crippen LogP contribution in [0.4, 0.5) is 0 Å². The second kappa shape index (κ2) is 8.73. The molecule has 0 spiro atoms. The van der Waals surface area contributed by atoms with Crippen molar-refractivity contribution in [2.45, 2.75) is 6.92 Å². The quantitative estimate of drug-likeness (QED) is 0.499. The summed E-state index contributed by atoms with van der Waals surface area (Å²) in [4.78, 5) is 19.1. The van der Waals surface area contributed by atoms with Crippen LogP contribution in [-0.4, -0.2) is 36.3 Å². The Bertz CT molecular complexity index is 1030. The number of carbonyl (C=O) groups excluding carboxylic acids is 1. The second-order valence-electron chi connectivity index (χ2n) is 5.78. The summed E-state index contributed by atoms with van der Waals surface area (Å²) >= 11 is 0. The molecular weight excluding hydrogens is 358 g/mol. The smallest absolute Gasteiger partial charge is 0.344 e. The Hall–Kier alpha value is -3.79. The normalized spacial score (nSPS) is 11.1. The Morgan fingerprint density at radius 1 is 1.25 bits per heavy atom. The number of nitriles is 1. The molecule has 0 aliphatic rings. The number of esters is 1.